The van der Waals surface area contributed by atoms with Crippen LogP contribution in [0.25, 0.3) is 0 Å². The van der Waals surface area contributed by atoms with E-state index in [2.05, 4.69) is 10.3 Å². The SMILES string of the molecule is Cc1csc(CCNC(=O)[C@@H]2CC(=O)N(c3cccc(Cl)c3)C2)n1. The van der Waals surface area contributed by atoms with E-state index in [4.69, 9.17) is 11.6 Å². The smallest absolute Gasteiger partial charge is 0.227 e. The number of aryl methyl sites for hydroxylation is 1. The number of carbonyl (C=O) groups excluding carboxylic acids is 2. The Morgan fingerprint density at radius 2 is 2.33 bits per heavy atom. The molecule has 0 unspecified atom stereocenters. The Hall–Kier alpha value is -1.92. The molecule has 1 aromatic carbocycles. The molecule has 2 aromatic rings. The van der Waals surface area contributed by atoms with Gasteiger partial charge in [0.1, 0.15) is 0 Å². The molecule has 1 atom stereocenters. The average Bonchev–Trinajstić information content (AvgIpc) is 3.13. The monoisotopic (exact) mass is 363 g/mol. The van der Waals surface area contributed by atoms with Crippen LogP contribution < -0.4 is 10.2 Å². The molecule has 0 radical (unpaired) electrons. The summed E-state index contributed by atoms with van der Waals surface area (Å²) in [7, 11) is 0. The van der Waals surface area contributed by atoms with Crippen molar-refractivity contribution in [1.82, 2.24) is 10.3 Å². The molecule has 1 saturated heterocycles. The number of anilines is 1. The van der Waals surface area contributed by atoms with E-state index in [1.165, 1.54) is 0 Å². The molecule has 0 bridgehead atoms. The number of benzene rings is 1. The summed E-state index contributed by atoms with van der Waals surface area (Å²) in [6, 6.07) is 7.13. The van der Waals surface area contributed by atoms with Crippen molar-refractivity contribution in [3.63, 3.8) is 0 Å². The molecule has 0 saturated carbocycles. The summed E-state index contributed by atoms with van der Waals surface area (Å²) in [5, 5.41) is 6.49. The number of rotatable bonds is 5. The average molecular weight is 364 g/mol. The van der Waals surface area contributed by atoms with Crippen LogP contribution in [0.1, 0.15) is 17.1 Å². The summed E-state index contributed by atoms with van der Waals surface area (Å²) in [5.41, 5.74) is 1.74. The van der Waals surface area contributed by atoms with Gasteiger partial charge in [0.25, 0.3) is 0 Å². The van der Waals surface area contributed by atoms with Crippen molar-refractivity contribution in [2.45, 2.75) is 19.8 Å². The van der Waals surface area contributed by atoms with Crippen molar-refractivity contribution in [3.8, 4) is 0 Å². The Labute approximate surface area is 149 Å². The van der Waals surface area contributed by atoms with Crippen molar-refractivity contribution < 1.29 is 9.59 Å². The molecule has 2 heterocycles. The standard InChI is InChI=1S/C17H18ClN3O2S/c1-11-10-24-15(20-11)5-6-19-17(23)12-7-16(22)21(9-12)14-4-2-3-13(18)8-14/h2-4,8,10,12H,5-7,9H2,1H3,(H,19,23)/t12-/m1/s1. The largest absolute Gasteiger partial charge is 0.355 e. The zero-order valence-corrected chi connectivity index (χ0v) is 14.9. The molecule has 3 rings (SSSR count). The molecular weight excluding hydrogens is 346 g/mol. The maximum Gasteiger partial charge on any atom is 0.227 e. The van der Waals surface area contributed by atoms with Gasteiger partial charge in [-0.3, -0.25) is 9.59 Å². The fourth-order valence-corrected chi connectivity index (χ4v) is 3.69. The lowest BCUT2D eigenvalue weighted by molar-refractivity contribution is -0.126. The minimum absolute atomic E-state index is 0.0482. The fraction of sp³-hybridized carbons (Fsp3) is 0.353. The van der Waals surface area contributed by atoms with Gasteiger partial charge in [-0.15, -0.1) is 11.3 Å². The lowest BCUT2D eigenvalue weighted by Crippen LogP contribution is -2.34. The molecule has 126 valence electrons. The Kier molecular flexibility index (Phi) is 5.16. The third-order valence-corrected chi connectivity index (χ3v) is 5.18. The summed E-state index contributed by atoms with van der Waals surface area (Å²) >= 11 is 7.57. The highest BCUT2D eigenvalue weighted by atomic mass is 35.5. The number of thiazole rings is 1. The van der Waals surface area contributed by atoms with E-state index < -0.39 is 0 Å². The highest BCUT2D eigenvalue weighted by molar-refractivity contribution is 7.09. The highest BCUT2D eigenvalue weighted by Gasteiger charge is 2.35. The fourth-order valence-electron chi connectivity index (χ4n) is 2.73. The molecule has 2 amide bonds. The van der Waals surface area contributed by atoms with Crippen LogP contribution in [0.3, 0.4) is 0 Å². The summed E-state index contributed by atoms with van der Waals surface area (Å²) in [4.78, 5) is 30.5. The topological polar surface area (TPSA) is 62.3 Å². The van der Waals surface area contributed by atoms with Gasteiger partial charge < -0.3 is 10.2 Å². The molecular formula is C17H18ClN3O2S. The van der Waals surface area contributed by atoms with Crippen molar-refractivity contribution >= 4 is 40.4 Å². The molecule has 0 aliphatic carbocycles. The predicted octanol–water partition coefficient (Wildman–Crippen LogP) is 2.82. The quantitative estimate of drug-likeness (QED) is 0.888. The number of carbonyl (C=O) groups is 2. The Morgan fingerprint density at radius 1 is 1.50 bits per heavy atom. The maximum atomic E-state index is 12.3. The Morgan fingerprint density at radius 3 is 3.04 bits per heavy atom. The zero-order valence-electron chi connectivity index (χ0n) is 13.3. The predicted molar refractivity (Wildman–Crippen MR) is 95.5 cm³/mol. The van der Waals surface area contributed by atoms with E-state index >= 15 is 0 Å². The number of hydrogen-bond donors (Lipinski definition) is 1. The zero-order chi connectivity index (χ0) is 17.1. The highest BCUT2D eigenvalue weighted by Crippen LogP contribution is 2.27. The van der Waals surface area contributed by atoms with Gasteiger partial charge >= 0.3 is 0 Å². The van der Waals surface area contributed by atoms with Crippen LogP contribution in [-0.4, -0.2) is 29.9 Å². The lowest BCUT2D eigenvalue weighted by atomic mass is 10.1. The van der Waals surface area contributed by atoms with Gasteiger partial charge in [-0.2, -0.15) is 0 Å². The van der Waals surface area contributed by atoms with Gasteiger partial charge in [-0.1, -0.05) is 17.7 Å². The molecule has 5 nitrogen and oxygen atoms in total. The number of amides is 2. The first kappa shape index (κ1) is 16.9. The van der Waals surface area contributed by atoms with Crippen LogP contribution in [0, 0.1) is 12.8 Å². The third-order valence-electron chi connectivity index (χ3n) is 3.92. The maximum absolute atomic E-state index is 12.3. The summed E-state index contributed by atoms with van der Waals surface area (Å²) < 4.78 is 0. The second-order valence-electron chi connectivity index (χ2n) is 5.81. The summed E-state index contributed by atoms with van der Waals surface area (Å²) in [6.45, 7) is 2.88. The van der Waals surface area contributed by atoms with Gasteiger partial charge in [0, 0.05) is 47.7 Å². The number of nitrogens with one attached hydrogen (secondary N) is 1. The second-order valence-corrected chi connectivity index (χ2v) is 7.19. The van der Waals surface area contributed by atoms with Crippen molar-refractivity contribution in [2.75, 3.05) is 18.0 Å². The molecule has 7 heteroatoms. The Balaban J connectivity index is 1.54. The number of nitrogens with zero attached hydrogens (tertiary/aromatic N) is 2. The molecule has 1 N–H and O–H groups in total. The molecule has 1 aromatic heterocycles. The van der Waals surface area contributed by atoms with Crippen LogP contribution in [0.4, 0.5) is 5.69 Å². The lowest BCUT2D eigenvalue weighted by Gasteiger charge is -2.17. The van der Waals surface area contributed by atoms with Gasteiger partial charge in [0.05, 0.1) is 10.9 Å². The minimum atomic E-state index is -0.325. The van der Waals surface area contributed by atoms with E-state index in [0.717, 1.165) is 16.4 Å². The van der Waals surface area contributed by atoms with E-state index in [1.807, 2.05) is 18.4 Å². The molecule has 1 aliphatic heterocycles. The summed E-state index contributed by atoms with van der Waals surface area (Å²) in [6.07, 6.45) is 0.942. The second kappa shape index (κ2) is 7.32. The van der Waals surface area contributed by atoms with Crippen molar-refractivity contribution in [1.29, 1.82) is 0 Å². The van der Waals surface area contributed by atoms with Gasteiger partial charge in [0.15, 0.2) is 0 Å². The molecule has 1 aliphatic rings. The first-order valence-electron chi connectivity index (χ1n) is 7.77. The van der Waals surface area contributed by atoms with E-state index in [9.17, 15) is 9.59 Å². The Bertz CT molecular complexity index is 762. The number of hydrogen-bond acceptors (Lipinski definition) is 4. The number of aromatic nitrogens is 1. The number of halogens is 1. The molecule has 1 fully saturated rings. The third kappa shape index (κ3) is 3.94. The van der Waals surface area contributed by atoms with E-state index in [1.54, 1.807) is 34.4 Å². The van der Waals surface area contributed by atoms with Crippen molar-refractivity contribution in [3.05, 3.63) is 45.4 Å². The first-order chi connectivity index (χ1) is 11.5. The molecule has 24 heavy (non-hydrogen) atoms. The van der Waals surface area contributed by atoms with E-state index in [-0.39, 0.29) is 24.2 Å². The van der Waals surface area contributed by atoms with Gasteiger partial charge in [-0.25, -0.2) is 4.98 Å². The van der Waals surface area contributed by atoms with Crippen LogP contribution in [0.15, 0.2) is 29.6 Å². The normalized spacial score (nSPS) is 17.3. The first-order valence-corrected chi connectivity index (χ1v) is 9.03. The van der Waals surface area contributed by atoms with Crippen molar-refractivity contribution in [2.24, 2.45) is 5.92 Å². The summed E-state index contributed by atoms with van der Waals surface area (Å²) in [5.74, 6) is -0.455. The van der Waals surface area contributed by atoms with Crippen LogP contribution >= 0.6 is 22.9 Å². The minimum Gasteiger partial charge on any atom is -0.355 e. The van der Waals surface area contributed by atoms with Crippen LogP contribution in [-0.2, 0) is 16.0 Å². The van der Waals surface area contributed by atoms with Crippen LogP contribution in [0.2, 0.25) is 5.02 Å². The van der Waals surface area contributed by atoms with Crippen LogP contribution in [0.5, 0.6) is 0 Å². The van der Waals surface area contributed by atoms with Gasteiger partial charge in [0.2, 0.25) is 11.8 Å². The van der Waals surface area contributed by atoms with E-state index in [0.29, 0.717) is 24.5 Å². The molecule has 0 spiro atoms. The van der Waals surface area contributed by atoms with Gasteiger partial charge in [-0.05, 0) is 25.1 Å².